The third-order valence-electron chi connectivity index (χ3n) is 2.64. The van der Waals surface area contributed by atoms with Crippen LogP contribution in [0.15, 0.2) is 24.3 Å². The minimum Gasteiger partial charge on any atom is -0.481 e. The zero-order chi connectivity index (χ0) is 14.1. The number of amides is 1. The second-order valence-corrected chi connectivity index (χ2v) is 5.11. The van der Waals surface area contributed by atoms with Gasteiger partial charge in [-0.3, -0.25) is 9.59 Å². The molecule has 0 aliphatic rings. The molecule has 0 spiro atoms. The number of nitrogens with one attached hydrogen (secondary N) is 1. The highest BCUT2D eigenvalue weighted by atomic mass is 32.2. The van der Waals surface area contributed by atoms with Crippen molar-refractivity contribution in [2.45, 2.75) is 31.4 Å². The van der Waals surface area contributed by atoms with Gasteiger partial charge in [-0.25, -0.2) is 0 Å². The molecule has 1 rings (SSSR count). The number of unbranched alkanes of at least 4 members (excludes halogenated alkanes) is 1. The van der Waals surface area contributed by atoms with Gasteiger partial charge in [0.1, 0.15) is 0 Å². The maximum absolute atomic E-state index is 11.7. The molecular weight excluding hydrogens is 262 g/mol. The molecule has 19 heavy (non-hydrogen) atoms. The Labute approximate surface area is 117 Å². The molecule has 0 heterocycles. The van der Waals surface area contributed by atoms with Crippen molar-refractivity contribution in [3.63, 3.8) is 0 Å². The molecule has 2 N–H and O–H groups in total. The van der Waals surface area contributed by atoms with E-state index in [-0.39, 0.29) is 12.3 Å². The number of benzene rings is 1. The molecule has 0 aliphatic heterocycles. The van der Waals surface area contributed by atoms with Crippen LogP contribution >= 0.6 is 11.8 Å². The monoisotopic (exact) mass is 281 g/mol. The molecule has 0 aromatic heterocycles. The van der Waals surface area contributed by atoms with E-state index in [1.54, 1.807) is 11.8 Å². The van der Waals surface area contributed by atoms with E-state index in [1.807, 2.05) is 30.5 Å². The molecule has 5 heteroatoms. The zero-order valence-corrected chi connectivity index (χ0v) is 11.8. The quantitative estimate of drug-likeness (QED) is 0.718. The molecule has 0 unspecified atom stereocenters. The number of rotatable bonds is 8. The standard InChI is InChI=1S/C14H19NO3S/c1-19-10-11-6-2-3-7-12(11)15-13(16)8-4-5-9-14(17)18/h2-3,6-7H,4-5,8-10H2,1H3,(H,15,16)(H,17,18). The number of carbonyl (C=O) groups is 2. The van der Waals surface area contributed by atoms with Crippen molar-refractivity contribution >= 4 is 29.3 Å². The van der Waals surface area contributed by atoms with Crippen molar-refractivity contribution in [2.75, 3.05) is 11.6 Å². The van der Waals surface area contributed by atoms with Gasteiger partial charge in [0.15, 0.2) is 0 Å². The predicted molar refractivity (Wildman–Crippen MR) is 78.4 cm³/mol. The Balaban J connectivity index is 2.41. The SMILES string of the molecule is CSCc1ccccc1NC(=O)CCCCC(=O)O. The van der Waals surface area contributed by atoms with E-state index in [4.69, 9.17) is 5.11 Å². The lowest BCUT2D eigenvalue weighted by molar-refractivity contribution is -0.137. The van der Waals surface area contributed by atoms with Gasteiger partial charge in [0.25, 0.3) is 0 Å². The molecule has 0 saturated carbocycles. The Kier molecular flexibility index (Phi) is 7.03. The van der Waals surface area contributed by atoms with Gasteiger partial charge in [-0.15, -0.1) is 0 Å². The average Bonchev–Trinajstić information content (AvgIpc) is 2.37. The van der Waals surface area contributed by atoms with Gasteiger partial charge >= 0.3 is 5.97 Å². The van der Waals surface area contributed by atoms with Crippen LogP contribution < -0.4 is 5.32 Å². The second kappa shape index (κ2) is 8.58. The highest BCUT2D eigenvalue weighted by Crippen LogP contribution is 2.20. The first kappa shape index (κ1) is 15.6. The summed E-state index contributed by atoms with van der Waals surface area (Å²) >= 11 is 1.70. The number of carbonyl (C=O) groups excluding carboxylic acids is 1. The Hall–Kier alpha value is -1.49. The fourth-order valence-electron chi connectivity index (χ4n) is 1.70. The highest BCUT2D eigenvalue weighted by Gasteiger charge is 2.06. The van der Waals surface area contributed by atoms with E-state index in [1.165, 1.54) is 0 Å². The zero-order valence-electron chi connectivity index (χ0n) is 11.0. The third-order valence-corrected chi connectivity index (χ3v) is 3.24. The molecule has 0 saturated heterocycles. The van der Waals surface area contributed by atoms with E-state index in [2.05, 4.69) is 5.32 Å². The largest absolute Gasteiger partial charge is 0.481 e. The average molecular weight is 281 g/mol. The number of aliphatic carboxylic acids is 1. The number of hydrogen-bond acceptors (Lipinski definition) is 3. The lowest BCUT2D eigenvalue weighted by atomic mass is 10.1. The predicted octanol–water partition coefficient (Wildman–Crippen LogP) is 3.13. The maximum Gasteiger partial charge on any atom is 0.303 e. The fraction of sp³-hybridized carbons (Fsp3) is 0.429. The molecule has 0 atom stereocenters. The van der Waals surface area contributed by atoms with Crippen molar-refractivity contribution < 1.29 is 14.7 Å². The van der Waals surface area contributed by atoms with E-state index >= 15 is 0 Å². The van der Waals surface area contributed by atoms with Crippen LogP contribution in [-0.2, 0) is 15.3 Å². The molecule has 1 aromatic rings. The van der Waals surface area contributed by atoms with Crippen molar-refractivity contribution in [3.05, 3.63) is 29.8 Å². The Morgan fingerprint density at radius 2 is 1.89 bits per heavy atom. The van der Waals surface area contributed by atoms with Gasteiger partial charge < -0.3 is 10.4 Å². The number of para-hydroxylation sites is 1. The summed E-state index contributed by atoms with van der Waals surface area (Å²) < 4.78 is 0. The molecule has 1 aromatic carbocycles. The van der Waals surface area contributed by atoms with Gasteiger partial charge in [-0.05, 0) is 30.7 Å². The van der Waals surface area contributed by atoms with E-state index in [9.17, 15) is 9.59 Å². The van der Waals surface area contributed by atoms with Gasteiger partial charge in [0.05, 0.1) is 0 Å². The number of hydrogen-bond donors (Lipinski definition) is 2. The molecule has 4 nitrogen and oxygen atoms in total. The Bertz CT molecular complexity index is 434. The highest BCUT2D eigenvalue weighted by molar-refractivity contribution is 7.97. The smallest absolute Gasteiger partial charge is 0.303 e. The van der Waals surface area contributed by atoms with Gasteiger partial charge in [-0.2, -0.15) is 11.8 Å². The van der Waals surface area contributed by atoms with Crippen molar-refractivity contribution in [1.29, 1.82) is 0 Å². The van der Waals surface area contributed by atoms with Crippen LogP contribution in [0.1, 0.15) is 31.2 Å². The third kappa shape index (κ3) is 6.29. The topological polar surface area (TPSA) is 66.4 Å². The van der Waals surface area contributed by atoms with Crippen LogP contribution in [0.4, 0.5) is 5.69 Å². The molecule has 0 aliphatic carbocycles. The van der Waals surface area contributed by atoms with Crippen molar-refractivity contribution in [2.24, 2.45) is 0 Å². The summed E-state index contributed by atoms with van der Waals surface area (Å²) in [7, 11) is 0. The van der Waals surface area contributed by atoms with Crippen LogP contribution in [0.3, 0.4) is 0 Å². The number of anilines is 1. The lowest BCUT2D eigenvalue weighted by Crippen LogP contribution is -2.12. The molecule has 0 bridgehead atoms. The first-order valence-corrected chi connectivity index (χ1v) is 7.61. The van der Waals surface area contributed by atoms with E-state index in [0.717, 1.165) is 17.0 Å². The number of carboxylic acid groups (broad SMARTS) is 1. The summed E-state index contributed by atoms with van der Waals surface area (Å²) in [4.78, 5) is 22.1. The molecule has 104 valence electrons. The number of carboxylic acids is 1. The lowest BCUT2D eigenvalue weighted by Gasteiger charge is -2.10. The summed E-state index contributed by atoms with van der Waals surface area (Å²) in [6.45, 7) is 0. The van der Waals surface area contributed by atoms with Crippen molar-refractivity contribution in [1.82, 2.24) is 0 Å². The summed E-state index contributed by atoms with van der Waals surface area (Å²) in [5.74, 6) is -0.0141. The molecular formula is C14H19NO3S. The van der Waals surface area contributed by atoms with Gasteiger partial charge in [0.2, 0.25) is 5.91 Å². The molecule has 1 amide bonds. The van der Waals surface area contributed by atoms with Crippen LogP contribution in [-0.4, -0.2) is 23.2 Å². The van der Waals surface area contributed by atoms with Crippen LogP contribution in [0.5, 0.6) is 0 Å². The normalized spacial score (nSPS) is 10.2. The summed E-state index contributed by atoms with van der Waals surface area (Å²) in [6.07, 6.45) is 3.64. The van der Waals surface area contributed by atoms with E-state index in [0.29, 0.717) is 19.3 Å². The summed E-state index contributed by atoms with van der Waals surface area (Å²) in [5, 5.41) is 11.4. The fourth-order valence-corrected chi connectivity index (χ4v) is 2.26. The first-order chi connectivity index (χ1) is 9.13. The van der Waals surface area contributed by atoms with Crippen LogP contribution in [0.25, 0.3) is 0 Å². The van der Waals surface area contributed by atoms with Crippen molar-refractivity contribution in [3.8, 4) is 0 Å². The van der Waals surface area contributed by atoms with E-state index < -0.39 is 5.97 Å². The first-order valence-electron chi connectivity index (χ1n) is 6.22. The Morgan fingerprint density at radius 1 is 1.21 bits per heavy atom. The molecule has 0 radical (unpaired) electrons. The van der Waals surface area contributed by atoms with Crippen LogP contribution in [0.2, 0.25) is 0 Å². The minimum atomic E-state index is -0.814. The summed E-state index contributed by atoms with van der Waals surface area (Å²) in [6, 6.07) is 7.73. The second-order valence-electron chi connectivity index (χ2n) is 4.24. The molecule has 0 fully saturated rings. The Morgan fingerprint density at radius 3 is 2.58 bits per heavy atom. The van der Waals surface area contributed by atoms with Gasteiger partial charge in [0, 0.05) is 24.3 Å². The number of thioether (sulfide) groups is 1. The summed E-state index contributed by atoms with van der Waals surface area (Å²) in [5.41, 5.74) is 1.95. The van der Waals surface area contributed by atoms with Crippen LogP contribution in [0, 0.1) is 0 Å². The maximum atomic E-state index is 11.7. The van der Waals surface area contributed by atoms with Gasteiger partial charge in [-0.1, -0.05) is 18.2 Å². The minimum absolute atomic E-state index is 0.0565.